The standard InChI is InChI=1S/C63H127N2O6P/c1-6-8-10-12-14-16-18-20-22-23-24-25-26-27-28-29-30-31-32-33-34-35-36-37-38-39-40-41-43-45-47-49-51-53-55-57-63(67)64-61(60-71-72(68,69)70-59-58-65(3,4)5)62(66)56-54-52-50-48-46-44-42-21-19-17-15-13-11-9-7-2/h54,56,61-62,66H,6-53,55,57-60H2,1-5H3,(H-,64,67,68,69)/p+1/b56-54+/t61-,62+/m0/s1. The van der Waals surface area contributed by atoms with Crippen LogP contribution in [0.4, 0.5) is 0 Å². The van der Waals surface area contributed by atoms with Crippen molar-refractivity contribution in [3.05, 3.63) is 12.2 Å². The van der Waals surface area contributed by atoms with Crippen molar-refractivity contribution in [3.8, 4) is 0 Å². The number of aliphatic hydroxyl groups is 1. The van der Waals surface area contributed by atoms with Gasteiger partial charge in [0.05, 0.1) is 39.9 Å². The molecule has 0 fully saturated rings. The normalized spacial score (nSPS) is 13.8. The van der Waals surface area contributed by atoms with E-state index < -0.39 is 20.0 Å². The lowest BCUT2D eigenvalue weighted by molar-refractivity contribution is -0.870. The molecule has 8 nitrogen and oxygen atoms in total. The number of nitrogens with zero attached hydrogens (tertiary/aromatic N) is 1. The minimum Gasteiger partial charge on any atom is -0.387 e. The topological polar surface area (TPSA) is 105 Å². The Morgan fingerprint density at radius 1 is 0.458 bits per heavy atom. The summed E-state index contributed by atoms with van der Waals surface area (Å²) in [6, 6.07) is -0.842. The number of likely N-dealkylation sites (N-methyl/N-ethyl adjacent to an activating group) is 1. The molecule has 430 valence electrons. The lowest BCUT2D eigenvalue weighted by Crippen LogP contribution is -2.45. The summed E-state index contributed by atoms with van der Waals surface area (Å²) in [6.45, 7) is 4.87. The van der Waals surface area contributed by atoms with E-state index in [9.17, 15) is 19.4 Å². The second-order valence-electron chi connectivity index (χ2n) is 23.5. The molecule has 3 atom stereocenters. The Hall–Kier alpha value is -0.760. The molecule has 0 aliphatic carbocycles. The average Bonchev–Trinajstić information content (AvgIpc) is 3.34. The molecule has 0 bridgehead atoms. The molecule has 0 saturated carbocycles. The van der Waals surface area contributed by atoms with Gasteiger partial charge >= 0.3 is 7.82 Å². The van der Waals surface area contributed by atoms with E-state index in [2.05, 4.69) is 19.2 Å². The molecule has 0 aliphatic heterocycles. The van der Waals surface area contributed by atoms with Crippen LogP contribution in [0.2, 0.25) is 0 Å². The zero-order valence-corrected chi connectivity index (χ0v) is 50.1. The summed E-state index contributed by atoms with van der Waals surface area (Å²) in [5, 5.41) is 13.9. The highest BCUT2D eigenvalue weighted by molar-refractivity contribution is 7.47. The quantitative estimate of drug-likeness (QED) is 0.0243. The van der Waals surface area contributed by atoms with Gasteiger partial charge in [0.2, 0.25) is 5.91 Å². The van der Waals surface area contributed by atoms with Crippen molar-refractivity contribution in [1.82, 2.24) is 5.32 Å². The van der Waals surface area contributed by atoms with E-state index in [1.54, 1.807) is 6.08 Å². The van der Waals surface area contributed by atoms with E-state index in [-0.39, 0.29) is 19.1 Å². The van der Waals surface area contributed by atoms with Gasteiger partial charge in [-0.05, 0) is 19.3 Å². The van der Waals surface area contributed by atoms with E-state index in [1.165, 1.54) is 283 Å². The second kappa shape index (κ2) is 55.0. The Morgan fingerprint density at radius 2 is 0.736 bits per heavy atom. The molecular formula is C63H128N2O6P+. The second-order valence-corrected chi connectivity index (χ2v) is 25.0. The minimum absolute atomic E-state index is 0.0651. The Bertz CT molecular complexity index is 1180. The number of rotatable bonds is 60. The number of phosphoric acid groups is 1. The number of hydrogen-bond acceptors (Lipinski definition) is 5. The van der Waals surface area contributed by atoms with Crippen LogP contribution in [0.5, 0.6) is 0 Å². The van der Waals surface area contributed by atoms with Crippen molar-refractivity contribution >= 4 is 13.7 Å². The molecule has 0 rings (SSSR count). The highest BCUT2D eigenvalue weighted by Crippen LogP contribution is 2.43. The van der Waals surface area contributed by atoms with Crippen molar-refractivity contribution in [2.45, 2.75) is 347 Å². The first-order valence-corrected chi connectivity index (χ1v) is 33.6. The van der Waals surface area contributed by atoms with Gasteiger partial charge in [-0.1, -0.05) is 321 Å². The first-order valence-electron chi connectivity index (χ1n) is 32.1. The molecule has 9 heteroatoms. The van der Waals surface area contributed by atoms with Crippen LogP contribution in [0.25, 0.3) is 0 Å². The molecule has 0 spiro atoms. The molecule has 0 aromatic carbocycles. The summed E-state index contributed by atoms with van der Waals surface area (Å²) >= 11 is 0. The van der Waals surface area contributed by atoms with Gasteiger partial charge in [-0.15, -0.1) is 0 Å². The number of nitrogens with one attached hydrogen (secondary N) is 1. The van der Waals surface area contributed by atoms with Gasteiger partial charge < -0.3 is 19.8 Å². The van der Waals surface area contributed by atoms with Crippen LogP contribution < -0.4 is 5.32 Å². The first kappa shape index (κ1) is 71.2. The summed E-state index contributed by atoms with van der Waals surface area (Å²) in [6.07, 6.45) is 69.2. The average molecular weight is 1040 g/mol. The highest BCUT2D eigenvalue weighted by atomic mass is 31.2. The fourth-order valence-electron chi connectivity index (χ4n) is 9.99. The zero-order valence-electron chi connectivity index (χ0n) is 49.2. The van der Waals surface area contributed by atoms with Gasteiger partial charge in [-0.25, -0.2) is 4.57 Å². The number of phosphoric ester groups is 1. The predicted octanol–water partition coefficient (Wildman–Crippen LogP) is 19.8. The SMILES string of the molecule is CCCCCCCCCCCCCCC/C=C/[C@@H](O)[C@H](COP(=O)(O)OCC[N+](C)(C)C)NC(=O)CCCCCCCCCCCCCCCCCCCCCCCCCCCCCCCCCCCCC. The maximum atomic E-state index is 13.0. The van der Waals surface area contributed by atoms with Crippen LogP contribution in [0.1, 0.15) is 335 Å². The van der Waals surface area contributed by atoms with Crippen molar-refractivity contribution in [1.29, 1.82) is 0 Å². The van der Waals surface area contributed by atoms with E-state index in [4.69, 9.17) is 9.05 Å². The molecule has 0 radical (unpaired) electrons. The summed E-state index contributed by atoms with van der Waals surface area (Å²) in [5.74, 6) is -0.169. The Morgan fingerprint density at radius 3 is 1.03 bits per heavy atom. The zero-order chi connectivity index (χ0) is 52.7. The van der Waals surface area contributed by atoms with Gasteiger partial charge in [0.15, 0.2) is 0 Å². The van der Waals surface area contributed by atoms with Gasteiger partial charge in [0.25, 0.3) is 0 Å². The van der Waals surface area contributed by atoms with Crippen LogP contribution in [-0.4, -0.2) is 73.4 Å². The maximum absolute atomic E-state index is 13.0. The van der Waals surface area contributed by atoms with Crippen LogP contribution in [0.3, 0.4) is 0 Å². The van der Waals surface area contributed by atoms with Crippen LogP contribution in [0, 0.1) is 0 Å². The van der Waals surface area contributed by atoms with Crippen molar-refractivity contribution in [2.24, 2.45) is 0 Å². The number of allylic oxidation sites excluding steroid dienone is 1. The Balaban J connectivity index is 3.92. The number of carbonyl (C=O) groups excluding carboxylic acids is 1. The Kier molecular flexibility index (Phi) is 54.4. The molecule has 3 N–H and O–H groups in total. The molecule has 0 aliphatic rings. The number of amides is 1. The van der Waals surface area contributed by atoms with E-state index >= 15 is 0 Å². The van der Waals surface area contributed by atoms with E-state index in [1.807, 2.05) is 27.2 Å². The lowest BCUT2D eigenvalue weighted by atomic mass is 10.0. The molecule has 1 unspecified atom stereocenters. The number of aliphatic hydroxyl groups excluding tert-OH is 1. The maximum Gasteiger partial charge on any atom is 0.472 e. The van der Waals surface area contributed by atoms with Gasteiger partial charge in [0, 0.05) is 6.42 Å². The van der Waals surface area contributed by atoms with Gasteiger partial charge in [0.1, 0.15) is 13.2 Å². The summed E-state index contributed by atoms with van der Waals surface area (Å²) in [5.41, 5.74) is 0. The molecule has 0 heterocycles. The predicted molar refractivity (Wildman–Crippen MR) is 314 cm³/mol. The summed E-state index contributed by atoms with van der Waals surface area (Å²) < 4.78 is 23.7. The fraction of sp³-hybridized carbons (Fsp3) is 0.952. The third kappa shape index (κ3) is 57.0. The fourth-order valence-corrected chi connectivity index (χ4v) is 10.7. The van der Waals surface area contributed by atoms with Crippen LogP contribution in [-0.2, 0) is 18.4 Å². The summed E-state index contributed by atoms with van der Waals surface area (Å²) in [7, 11) is 1.59. The molecule has 0 aromatic heterocycles. The van der Waals surface area contributed by atoms with E-state index in [0.717, 1.165) is 32.1 Å². The van der Waals surface area contributed by atoms with E-state index in [0.29, 0.717) is 17.4 Å². The molecule has 0 aromatic rings. The first-order chi connectivity index (χ1) is 35.0. The number of carbonyl (C=O) groups is 1. The molecule has 72 heavy (non-hydrogen) atoms. The highest BCUT2D eigenvalue weighted by Gasteiger charge is 2.28. The third-order valence-electron chi connectivity index (χ3n) is 15.0. The number of unbranched alkanes of at least 4 members (excludes halogenated alkanes) is 47. The van der Waals surface area contributed by atoms with Crippen LogP contribution >= 0.6 is 7.82 Å². The number of hydrogen-bond donors (Lipinski definition) is 3. The molecule has 0 saturated heterocycles. The van der Waals surface area contributed by atoms with Gasteiger partial charge in [-0.2, -0.15) is 0 Å². The van der Waals surface area contributed by atoms with Crippen LogP contribution in [0.15, 0.2) is 12.2 Å². The van der Waals surface area contributed by atoms with Crippen molar-refractivity contribution in [3.63, 3.8) is 0 Å². The number of quaternary nitrogens is 1. The van der Waals surface area contributed by atoms with Gasteiger partial charge in [-0.3, -0.25) is 13.8 Å². The largest absolute Gasteiger partial charge is 0.472 e. The third-order valence-corrected chi connectivity index (χ3v) is 16.0. The Labute approximate surface area is 450 Å². The van der Waals surface area contributed by atoms with Crippen molar-refractivity contribution in [2.75, 3.05) is 40.9 Å². The minimum atomic E-state index is -4.34. The lowest BCUT2D eigenvalue weighted by Gasteiger charge is -2.25. The monoisotopic (exact) mass is 1040 g/mol. The smallest absolute Gasteiger partial charge is 0.387 e. The van der Waals surface area contributed by atoms with Crippen molar-refractivity contribution < 1.29 is 32.9 Å². The molecule has 1 amide bonds. The summed E-state index contributed by atoms with van der Waals surface area (Å²) in [4.78, 5) is 23.3. The molecular weight excluding hydrogens is 912 g/mol.